The Labute approximate surface area is 175 Å². The minimum Gasteiger partial charge on any atom is -0.341 e. The summed E-state index contributed by atoms with van der Waals surface area (Å²) in [4.78, 5) is 20.5. The second-order valence-electron chi connectivity index (χ2n) is 8.07. The molecule has 0 aromatic carbocycles. The first-order valence-electron chi connectivity index (χ1n) is 10.0. The lowest BCUT2D eigenvalue weighted by Crippen LogP contribution is -2.29. The number of carbonyl (C=O) groups is 1. The van der Waals surface area contributed by atoms with Crippen LogP contribution >= 0.6 is 0 Å². The van der Waals surface area contributed by atoms with Crippen LogP contribution in [0.4, 0.5) is 13.2 Å². The highest BCUT2D eigenvalue weighted by atomic mass is 19.4. The van der Waals surface area contributed by atoms with Crippen molar-refractivity contribution in [2.75, 3.05) is 0 Å². The third-order valence-corrected chi connectivity index (χ3v) is 5.72. The van der Waals surface area contributed by atoms with Crippen molar-refractivity contribution in [2.24, 2.45) is 7.05 Å². The average Bonchev–Trinajstić information content (AvgIpc) is 3.18. The smallest absolute Gasteiger partial charge is 0.341 e. The Morgan fingerprint density at radius 2 is 1.97 bits per heavy atom. The van der Waals surface area contributed by atoms with Gasteiger partial charge >= 0.3 is 6.18 Å². The molecular weight excluding hydrogens is 411 g/mol. The van der Waals surface area contributed by atoms with Crippen LogP contribution in [0.5, 0.6) is 0 Å². The SMILES string of the molecule is Cc1cnc(C2CC2)cc1-c1cc2n(n1)CCC2NC(=O)c1nc(C(F)(F)F)nn1C. The summed E-state index contributed by atoms with van der Waals surface area (Å²) < 4.78 is 41.2. The number of aryl methyl sites for hydroxylation is 3. The second-order valence-corrected chi connectivity index (χ2v) is 8.07. The Hall–Kier alpha value is -3.24. The zero-order valence-electron chi connectivity index (χ0n) is 16.9. The quantitative estimate of drug-likeness (QED) is 0.685. The van der Waals surface area contributed by atoms with Gasteiger partial charge in [0.25, 0.3) is 11.7 Å². The molecule has 31 heavy (non-hydrogen) atoms. The van der Waals surface area contributed by atoms with Crippen LogP contribution in [0.15, 0.2) is 18.3 Å². The number of aromatic nitrogens is 6. The van der Waals surface area contributed by atoms with Crippen molar-refractivity contribution in [3.63, 3.8) is 0 Å². The lowest BCUT2D eigenvalue weighted by molar-refractivity contribution is -0.144. The summed E-state index contributed by atoms with van der Waals surface area (Å²) in [5.41, 5.74) is 4.70. The van der Waals surface area contributed by atoms with E-state index in [4.69, 9.17) is 0 Å². The Balaban J connectivity index is 1.38. The molecule has 162 valence electrons. The van der Waals surface area contributed by atoms with E-state index in [-0.39, 0.29) is 11.9 Å². The molecule has 1 saturated carbocycles. The fraction of sp³-hybridized carbons (Fsp3) is 0.450. The van der Waals surface area contributed by atoms with Gasteiger partial charge in [-0.05, 0) is 43.9 Å². The van der Waals surface area contributed by atoms with E-state index in [1.165, 1.54) is 7.05 Å². The van der Waals surface area contributed by atoms with Crippen LogP contribution in [0, 0.1) is 6.92 Å². The number of fused-ring (bicyclic) bond motifs is 1. The van der Waals surface area contributed by atoms with Gasteiger partial charge in [-0.2, -0.15) is 23.3 Å². The predicted octanol–water partition coefficient (Wildman–Crippen LogP) is 3.15. The van der Waals surface area contributed by atoms with E-state index in [1.807, 2.05) is 23.9 Å². The summed E-state index contributed by atoms with van der Waals surface area (Å²) in [6, 6.07) is 3.64. The van der Waals surface area contributed by atoms with Crippen LogP contribution in [0.1, 0.15) is 64.6 Å². The minimum absolute atomic E-state index is 0.371. The highest BCUT2D eigenvalue weighted by Gasteiger charge is 2.38. The number of amides is 1. The molecule has 1 atom stereocenters. The van der Waals surface area contributed by atoms with Crippen LogP contribution in [0.2, 0.25) is 0 Å². The number of rotatable bonds is 4. The molecule has 1 aliphatic carbocycles. The van der Waals surface area contributed by atoms with Gasteiger partial charge in [0.15, 0.2) is 0 Å². The molecule has 4 heterocycles. The molecule has 0 spiro atoms. The van der Waals surface area contributed by atoms with Crippen molar-refractivity contribution in [1.29, 1.82) is 0 Å². The molecule has 3 aromatic heterocycles. The normalized spacial score (nSPS) is 18.3. The Bertz CT molecular complexity index is 1180. The summed E-state index contributed by atoms with van der Waals surface area (Å²) in [5, 5.41) is 10.8. The fourth-order valence-electron chi connectivity index (χ4n) is 3.91. The molecule has 1 N–H and O–H groups in total. The summed E-state index contributed by atoms with van der Waals surface area (Å²) in [7, 11) is 1.26. The van der Waals surface area contributed by atoms with Gasteiger partial charge in [0.1, 0.15) is 0 Å². The van der Waals surface area contributed by atoms with Crippen LogP contribution < -0.4 is 5.32 Å². The number of nitrogens with zero attached hydrogens (tertiary/aromatic N) is 6. The number of alkyl halides is 3. The molecule has 2 aliphatic rings. The maximum Gasteiger partial charge on any atom is 0.453 e. The van der Waals surface area contributed by atoms with E-state index >= 15 is 0 Å². The first-order valence-corrected chi connectivity index (χ1v) is 10.0. The molecule has 3 aromatic rings. The monoisotopic (exact) mass is 431 g/mol. The number of halogens is 3. The first kappa shape index (κ1) is 19.7. The Kier molecular flexibility index (Phi) is 4.38. The number of nitrogens with one attached hydrogen (secondary N) is 1. The fourth-order valence-corrected chi connectivity index (χ4v) is 3.91. The van der Waals surface area contributed by atoms with Gasteiger partial charge in [-0.1, -0.05) is 0 Å². The van der Waals surface area contributed by atoms with Gasteiger partial charge in [-0.25, -0.2) is 4.68 Å². The first-order chi connectivity index (χ1) is 14.7. The zero-order chi connectivity index (χ0) is 21.9. The minimum atomic E-state index is -4.71. The summed E-state index contributed by atoms with van der Waals surface area (Å²) >= 11 is 0. The lowest BCUT2D eigenvalue weighted by atomic mass is 10.0. The van der Waals surface area contributed by atoms with E-state index in [0.717, 1.165) is 45.7 Å². The van der Waals surface area contributed by atoms with E-state index in [9.17, 15) is 18.0 Å². The average molecular weight is 431 g/mol. The molecule has 0 radical (unpaired) electrons. The molecule has 1 aliphatic heterocycles. The predicted molar refractivity (Wildman–Crippen MR) is 103 cm³/mol. The summed E-state index contributed by atoms with van der Waals surface area (Å²) in [6.45, 7) is 2.58. The van der Waals surface area contributed by atoms with Crippen molar-refractivity contribution in [3.05, 3.63) is 46.9 Å². The van der Waals surface area contributed by atoms with Crippen LogP contribution in [0.3, 0.4) is 0 Å². The molecule has 1 unspecified atom stereocenters. The third-order valence-electron chi connectivity index (χ3n) is 5.72. The molecule has 1 fully saturated rings. The van der Waals surface area contributed by atoms with Crippen LogP contribution in [-0.4, -0.2) is 35.4 Å². The number of pyridine rings is 1. The Morgan fingerprint density at radius 3 is 2.65 bits per heavy atom. The van der Waals surface area contributed by atoms with E-state index < -0.39 is 17.9 Å². The topological polar surface area (TPSA) is 90.5 Å². The number of carbonyl (C=O) groups excluding carboxylic acids is 1. The number of hydrogen-bond donors (Lipinski definition) is 1. The van der Waals surface area contributed by atoms with E-state index in [0.29, 0.717) is 18.9 Å². The molecule has 11 heteroatoms. The highest BCUT2D eigenvalue weighted by molar-refractivity contribution is 5.91. The molecule has 0 saturated heterocycles. The maximum absolute atomic E-state index is 12.8. The lowest BCUT2D eigenvalue weighted by Gasteiger charge is -2.11. The van der Waals surface area contributed by atoms with Crippen molar-refractivity contribution in [3.8, 4) is 11.3 Å². The largest absolute Gasteiger partial charge is 0.453 e. The zero-order valence-corrected chi connectivity index (χ0v) is 16.9. The Morgan fingerprint density at radius 1 is 1.19 bits per heavy atom. The standard InChI is InChI=1S/C20H20F3N7O/c1-10-9-24-14(11-3-4-11)7-12(10)15-8-16-13(5-6-30(16)27-15)25-18(31)17-26-19(20(21,22)23)28-29(17)2/h7-9,11,13H,3-6H2,1-2H3,(H,25,31). The van der Waals surface area contributed by atoms with Gasteiger partial charge in [0.2, 0.25) is 5.82 Å². The summed E-state index contributed by atoms with van der Waals surface area (Å²) in [5.74, 6) is -1.90. The van der Waals surface area contributed by atoms with Crippen molar-refractivity contribution in [1.82, 2.24) is 34.8 Å². The second kappa shape index (κ2) is 6.89. The number of hydrogen-bond acceptors (Lipinski definition) is 5. The van der Waals surface area contributed by atoms with Gasteiger partial charge < -0.3 is 5.32 Å². The molecule has 0 bridgehead atoms. The molecule has 8 nitrogen and oxygen atoms in total. The maximum atomic E-state index is 12.8. The van der Waals surface area contributed by atoms with Crippen LogP contribution in [0.25, 0.3) is 11.3 Å². The summed E-state index contributed by atoms with van der Waals surface area (Å²) in [6.07, 6.45) is 0.0572. The van der Waals surface area contributed by atoms with Gasteiger partial charge in [-0.3, -0.25) is 14.5 Å². The highest BCUT2D eigenvalue weighted by Crippen LogP contribution is 2.41. The molecule has 1 amide bonds. The van der Waals surface area contributed by atoms with Gasteiger partial charge in [0, 0.05) is 37.0 Å². The van der Waals surface area contributed by atoms with Crippen molar-refractivity contribution < 1.29 is 18.0 Å². The van der Waals surface area contributed by atoms with Crippen molar-refractivity contribution >= 4 is 5.91 Å². The van der Waals surface area contributed by atoms with Crippen molar-refractivity contribution in [2.45, 2.75) is 50.9 Å². The van der Waals surface area contributed by atoms with E-state index in [1.54, 1.807) is 0 Å². The molecule has 5 rings (SSSR count). The van der Waals surface area contributed by atoms with Gasteiger partial charge in [-0.15, -0.1) is 5.10 Å². The van der Waals surface area contributed by atoms with Gasteiger partial charge in [0.05, 0.1) is 17.4 Å². The van der Waals surface area contributed by atoms with Crippen LogP contribution in [-0.2, 0) is 19.8 Å². The third kappa shape index (κ3) is 3.57. The van der Waals surface area contributed by atoms with E-state index in [2.05, 4.69) is 31.5 Å². The molecular formula is C20H20F3N7O.